The van der Waals surface area contributed by atoms with Crippen LogP contribution in [-0.4, -0.2) is 21.4 Å². The summed E-state index contributed by atoms with van der Waals surface area (Å²) in [7, 11) is 0. The molecule has 1 atom stereocenters. The Balaban J connectivity index is 1.80. The van der Waals surface area contributed by atoms with Crippen molar-refractivity contribution in [3.63, 3.8) is 0 Å². The molecule has 23 heavy (non-hydrogen) atoms. The van der Waals surface area contributed by atoms with Gasteiger partial charge in [0.05, 0.1) is 10.6 Å². The van der Waals surface area contributed by atoms with Crippen molar-refractivity contribution in [1.82, 2.24) is 0 Å². The Bertz CT molecular complexity index is 781. The highest BCUT2D eigenvalue weighted by Crippen LogP contribution is 2.32. The Hall–Kier alpha value is -2.87. The highest BCUT2D eigenvalue weighted by Gasteiger charge is 2.40. The zero-order chi connectivity index (χ0) is 16.4. The first kappa shape index (κ1) is 15.0. The van der Waals surface area contributed by atoms with Crippen LogP contribution in [0.25, 0.3) is 0 Å². The van der Waals surface area contributed by atoms with Crippen LogP contribution in [0, 0.1) is 10.1 Å². The molecule has 0 spiro atoms. The normalized spacial score (nSPS) is 17.4. The van der Waals surface area contributed by atoms with Gasteiger partial charge >= 0.3 is 0 Å². The molecule has 0 saturated carbocycles. The average molecular weight is 329 g/mol. The minimum atomic E-state index is -0.815. The first-order valence-corrected chi connectivity index (χ1v) is 7.55. The molecule has 3 rings (SSSR count). The lowest BCUT2D eigenvalue weighted by Gasteiger charge is -2.14. The molecule has 0 aliphatic carbocycles. The lowest BCUT2D eigenvalue weighted by molar-refractivity contribution is -0.384. The number of rotatable bonds is 4. The molecule has 2 amide bonds. The van der Waals surface area contributed by atoms with Crippen molar-refractivity contribution in [1.29, 1.82) is 0 Å². The summed E-state index contributed by atoms with van der Waals surface area (Å²) < 4.78 is 0. The number of amides is 2. The first-order chi connectivity index (χ1) is 11.1. The summed E-state index contributed by atoms with van der Waals surface area (Å²) in [6, 6.07) is 14.4. The number of benzene rings is 2. The molecular formula is C15H11N3O4S. The minimum Gasteiger partial charge on any atom is -0.365 e. The van der Waals surface area contributed by atoms with Gasteiger partial charge in [-0.3, -0.25) is 19.7 Å². The molecule has 7 nitrogen and oxygen atoms in total. The van der Waals surface area contributed by atoms with Crippen molar-refractivity contribution in [3.05, 3.63) is 64.7 Å². The summed E-state index contributed by atoms with van der Waals surface area (Å²) in [4.78, 5) is 35.9. The summed E-state index contributed by atoms with van der Waals surface area (Å²) in [6.45, 7) is 0. The van der Waals surface area contributed by atoms with E-state index in [-0.39, 0.29) is 10.9 Å². The second-order valence-electron chi connectivity index (χ2n) is 4.72. The van der Waals surface area contributed by atoms with Crippen molar-refractivity contribution in [2.45, 2.75) is 5.37 Å². The SMILES string of the molecule is O=C1SC(Nc2cccc([N+](=O)[O-])c2)C(=O)N1c1ccccc1. The first-order valence-electron chi connectivity index (χ1n) is 6.67. The van der Waals surface area contributed by atoms with Crippen LogP contribution in [-0.2, 0) is 4.79 Å². The molecule has 1 saturated heterocycles. The van der Waals surface area contributed by atoms with Gasteiger partial charge in [0.15, 0.2) is 5.37 Å². The predicted octanol–water partition coefficient (Wildman–Crippen LogP) is 3.23. The van der Waals surface area contributed by atoms with Gasteiger partial charge in [0, 0.05) is 17.8 Å². The maximum atomic E-state index is 12.4. The number of nitro benzene ring substituents is 1. The van der Waals surface area contributed by atoms with Crippen LogP contribution in [0.15, 0.2) is 54.6 Å². The average Bonchev–Trinajstić information content (AvgIpc) is 2.82. The number of imide groups is 1. The zero-order valence-electron chi connectivity index (χ0n) is 11.7. The van der Waals surface area contributed by atoms with Crippen molar-refractivity contribution in [3.8, 4) is 0 Å². The standard InChI is InChI=1S/C15H11N3O4S/c19-14-13(16-10-5-4-8-12(9-10)18(21)22)23-15(20)17(14)11-6-2-1-3-7-11/h1-9,13,16H. The van der Waals surface area contributed by atoms with Gasteiger partial charge in [-0.15, -0.1) is 0 Å². The maximum Gasteiger partial charge on any atom is 0.295 e. The van der Waals surface area contributed by atoms with E-state index in [0.717, 1.165) is 16.7 Å². The third kappa shape index (κ3) is 3.02. The van der Waals surface area contributed by atoms with Gasteiger partial charge < -0.3 is 5.32 Å². The fourth-order valence-corrected chi connectivity index (χ4v) is 3.08. The van der Waals surface area contributed by atoms with E-state index < -0.39 is 16.2 Å². The lowest BCUT2D eigenvalue weighted by Crippen LogP contribution is -2.34. The third-order valence-corrected chi connectivity index (χ3v) is 4.15. The molecule has 0 bridgehead atoms. The van der Waals surface area contributed by atoms with Gasteiger partial charge in [0.1, 0.15) is 0 Å². The topological polar surface area (TPSA) is 92.5 Å². The molecule has 2 aromatic carbocycles. The van der Waals surface area contributed by atoms with E-state index in [1.165, 1.54) is 18.2 Å². The predicted molar refractivity (Wildman–Crippen MR) is 87.4 cm³/mol. The zero-order valence-corrected chi connectivity index (χ0v) is 12.5. The van der Waals surface area contributed by atoms with E-state index in [1.807, 2.05) is 0 Å². The number of non-ortho nitro benzene ring substituents is 1. The van der Waals surface area contributed by atoms with Crippen molar-refractivity contribution in [2.24, 2.45) is 0 Å². The monoisotopic (exact) mass is 329 g/mol. The number of hydrogen-bond acceptors (Lipinski definition) is 6. The van der Waals surface area contributed by atoms with E-state index in [2.05, 4.69) is 5.32 Å². The molecule has 116 valence electrons. The minimum absolute atomic E-state index is 0.0864. The Labute approximate surface area is 135 Å². The Kier molecular flexibility index (Phi) is 3.98. The highest BCUT2D eigenvalue weighted by atomic mass is 32.2. The highest BCUT2D eigenvalue weighted by molar-refractivity contribution is 8.16. The summed E-state index contributed by atoms with van der Waals surface area (Å²) in [5.74, 6) is -0.405. The quantitative estimate of drug-likeness (QED) is 0.684. The van der Waals surface area contributed by atoms with Crippen molar-refractivity contribution >= 4 is 40.0 Å². The molecule has 1 aliphatic rings. The Morgan fingerprint density at radius 3 is 2.52 bits per heavy atom. The number of hydrogen-bond donors (Lipinski definition) is 1. The summed E-state index contributed by atoms with van der Waals surface area (Å²) in [6.07, 6.45) is 0. The lowest BCUT2D eigenvalue weighted by atomic mass is 10.2. The number of para-hydroxylation sites is 1. The number of nitrogens with zero attached hydrogens (tertiary/aromatic N) is 2. The number of thioether (sulfide) groups is 1. The Morgan fingerprint density at radius 2 is 1.83 bits per heavy atom. The molecular weight excluding hydrogens is 318 g/mol. The van der Waals surface area contributed by atoms with Crippen molar-refractivity contribution < 1.29 is 14.5 Å². The van der Waals surface area contributed by atoms with E-state index in [9.17, 15) is 19.7 Å². The number of carbonyl (C=O) groups is 2. The van der Waals surface area contributed by atoms with Gasteiger partial charge in [-0.1, -0.05) is 24.3 Å². The van der Waals surface area contributed by atoms with Crippen LogP contribution in [0.2, 0.25) is 0 Å². The number of carbonyl (C=O) groups excluding carboxylic acids is 2. The molecule has 1 fully saturated rings. The fourth-order valence-electron chi connectivity index (χ4n) is 2.17. The van der Waals surface area contributed by atoms with E-state index in [1.54, 1.807) is 36.4 Å². The van der Waals surface area contributed by atoms with Crippen LogP contribution in [0.3, 0.4) is 0 Å². The van der Waals surface area contributed by atoms with Crippen LogP contribution in [0.1, 0.15) is 0 Å². The molecule has 1 aliphatic heterocycles. The molecule has 1 unspecified atom stereocenters. The van der Waals surface area contributed by atoms with Gasteiger partial charge in [0.2, 0.25) is 0 Å². The molecule has 2 aromatic rings. The van der Waals surface area contributed by atoms with Crippen LogP contribution in [0.5, 0.6) is 0 Å². The molecule has 0 radical (unpaired) electrons. The number of nitrogens with one attached hydrogen (secondary N) is 1. The van der Waals surface area contributed by atoms with Crippen LogP contribution < -0.4 is 10.2 Å². The van der Waals surface area contributed by atoms with Crippen LogP contribution in [0.4, 0.5) is 21.9 Å². The van der Waals surface area contributed by atoms with E-state index >= 15 is 0 Å². The largest absolute Gasteiger partial charge is 0.365 e. The fraction of sp³-hybridized carbons (Fsp3) is 0.0667. The number of nitro groups is 1. The van der Waals surface area contributed by atoms with Gasteiger partial charge in [-0.2, -0.15) is 0 Å². The van der Waals surface area contributed by atoms with Gasteiger partial charge in [-0.25, -0.2) is 4.90 Å². The van der Waals surface area contributed by atoms with E-state index in [0.29, 0.717) is 11.4 Å². The van der Waals surface area contributed by atoms with Gasteiger partial charge in [-0.05, 0) is 30.0 Å². The smallest absolute Gasteiger partial charge is 0.295 e. The molecule has 0 aromatic heterocycles. The second kappa shape index (κ2) is 6.09. The van der Waals surface area contributed by atoms with Crippen LogP contribution >= 0.6 is 11.8 Å². The van der Waals surface area contributed by atoms with Gasteiger partial charge in [0.25, 0.3) is 16.8 Å². The molecule has 1 N–H and O–H groups in total. The summed E-state index contributed by atoms with van der Waals surface area (Å²) in [5.41, 5.74) is 0.822. The van der Waals surface area contributed by atoms with Crippen molar-refractivity contribution in [2.75, 3.05) is 10.2 Å². The molecule has 8 heteroatoms. The summed E-state index contributed by atoms with van der Waals surface area (Å²) in [5, 5.41) is 12.4. The number of anilines is 2. The second-order valence-corrected chi connectivity index (χ2v) is 5.78. The Morgan fingerprint density at radius 1 is 1.09 bits per heavy atom. The maximum absolute atomic E-state index is 12.4. The molecule has 1 heterocycles. The summed E-state index contributed by atoms with van der Waals surface area (Å²) >= 11 is 0.842. The third-order valence-electron chi connectivity index (χ3n) is 3.22. The van der Waals surface area contributed by atoms with E-state index in [4.69, 9.17) is 0 Å².